The number of benzene rings is 3. The Labute approximate surface area is 234 Å². The van der Waals surface area contributed by atoms with Crippen LogP contribution in [0.3, 0.4) is 0 Å². The molecule has 0 bridgehead atoms. The highest BCUT2D eigenvalue weighted by Crippen LogP contribution is 2.36. The van der Waals surface area contributed by atoms with E-state index in [1.807, 2.05) is 36.4 Å². The lowest BCUT2D eigenvalue weighted by atomic mass is 9.98. The number of amides is 2. The highest BCUT2D eigenvalue weighted by atomic mass is 32.2. The van der Waals surface area contributed by atoms with Gasteiger partial charge in [-0.05, 0) is 96.1 Å². The maximum absolute atomic E-state index is 11.8. The smallest absolute Gasteiger partial charge is 0.286 e. The molecule has 5 rings (SSSR count). The Bertz CT molecular complexity index is 1270. The highest BCUT2D eigenvalue weighted by Gasteiger charge is 2.32. The van der Waals surface area contributed by atoms with Crippen molar-refractivity contribution in [1.82, 2.24) is 5.32 Å². The van der Waals surface area contributed by atoms with Gasteiger partial charge in [0.15, 0.2) is 0 Å². The number of carbonyl (C=O) groups excluding carboxylic acids is 2. The van der Waals surface area contributed by atoms with E-state index in [0.717, 1.165) is 65.1 Å². The van der Waals surface area contributed by atoms with E-state index in [1.54, 1.807) is 0 Å². The zero-order valence-corrected chi connectivity index (χ0v) is 23.1. The molecular weight excluding hydrogens is 510 g/mol. The van der Waals surface area contributed by atoms with Gasteiger partial charge in [0.2, 0.25) is 5.91 Å². The van der Waals surface area contributed by atoms with Gasteiger partial charge in [0.1, 0.15) is 28.2 Å². The Morgan fingerprint density at radius 1 is 0.821 bits per heavy atom. The SMILES string of the molecule is CCCc1cc(Oc2ccc(C3CCCC3)cc2)ccc1OCCCOc1ccc(C2SC(=O)NC2=O)cc1. The predicted octanol–water partition coefficient (Wildman–Crippen LogP) is 7.96. The van der Waals surface area contributed by atoms with Gasteiger partial charge in [0.05, 0.1) is 13.2 Å². The van der Waals surface area contributed by atoms with E-state index >= 15 is 0 Å². The molecule has 0 aromatic heterocycles. The van der Waals surface area contributed by atoms with Gasteiger partial charge in [-0.25, -0.2) is 0 Å². The van der Waals surface area contributed by atoms with Gasteiger partial charge in [-0.1, -0.05) is 50.5 Å². The Morgan fingerprint density at radius 3 is 2.18 bits per heavy atom. The maximum atomic E-state index is 11.8. The maximum Gasteiger partial charge on any atom is 0.286 e. The second-order valence-electron chi connectivity index (χ2n) is 10.1. The molecule has 3 aromatic carbocycles. The van der Waals surface area contributed by atoms with Crippen molar-refractivity contribution in [3.8, 4) is 23.0 Å². The van der Waals surface area contributed by atoms with E-state index in [9.17, 15) is 9.59 Å². The Hall–Kier alpha value is -3.45. The molecule has 7 heteroatoms. The van der Waals surface area contributed by atoms with Crippen LogP contribution in [0, 0.1) is 0 Å². The average Bonchev–Trinajstić information content (AvgIpc) is 3.60. The molecule has 2 fully saturated rings. The van der Waals surface area contributed by atoms with Gasteiger partial charge >= 0.3 is 0 Å². The Kier molecular flexibility index (Phi) is 9.09. The fraction of sp³-hybridized carbons (Fsp3) is 0.375. The summed E-state index contributed by atoms with van der Waals surface area (Å²) in [6.07, 6.45) is 7.94. The number of rotatable bonds is 12. The molecule has 1 saturated heterocycles. The van der Waals surface area contributed by atoms with Gasteiger partial charge in [-0.15, -0.1) is 0 Å². The first-order valence-electron chi connectivity index (χ1n) is 13.9. The molecule has 1 N–H and O–H groups in total. The number of thioether (sulfide) groups is 1. The molecule has 1 aliphatic heterocycles. The topological polar surface area (TPSA) is 73.9 Å². The van der Waals surface area contributed by atoms with Crippen LogP contribution in [-0.4, -0.2) is 24.4 Å². The van der Waals surface area contributed by atoms with E-state index in [2.05, 4.69) is 42.6 Å². The molecule has 2 amide bonds. The molecule has 1 aliphatic carbocycles. The number of carbonyl (C=O) groups is 2. The summed E-state index contributed by atoms with van der Waals surface area (Å²) >= 11 is 1.00. The van der Waals surface area contributed by atoms with Crippen molar-refractivity contribution in [2.24, 2.45) is 0 Å². The summed E-state index contributed by atoms with van der Waals surface area (Å²) in [6.45, 7) is 3.21. The molecule has 1 unspecified atom stereocenters. The van der Waals surface area contributed by atoms with Crippen molar-refractivity contribution < 1.29 is 23.8 Å². The average molecular weight is 546 g/mol. The number of hydrogen-bond acceptors (Lipinski definition) is 6. The van der Waals surface area contributed by atoms with Crippen molar-refractivity contribution >= 4 is 22.9 Å². The number of aryl methyl sites for hydroxylation is 1. The van der Waals surface area contributed by atoms with Gasteiger partial charge in [-0.2, -0.15) is 0 Å². The van der Waals surface area contributed by atoms with Crippen LogP contribution in [0.15, 0.2) is 66.7 Å². The van der Waals surface area contributed by atoms with Crippen LogP contribution in [0.2, 0.25) is 0 Å². The van der Waals surface area contributed by atoms with Crippen molar-refractivity contribution in [2.75, 3.05) is 13.2 Å². The summed E-state index contributed by atoms with van der Waals surface area (Å²) < 4.78 is 18.1. The Morgan fingerprint density at radius 2 is 1.49 bits per heavy atom. The zero-order chi connectivity index (χ0) is 27.0. The molecule has 204 valence electrons. The molecule has 3 aromatic rings. The molecule has 1 saturated carbocycles. The van der Waals surface area contributed by atoms with E-state index in [1.165, 1.54) is 31.2 Å². The second-order valence-corrected chi connectivity index (χ2v) is 11.1. The van der Waals surface area contributed by atoms with Crippen LogP contribution in [0.25, 0.3) is 0 Å². The largest absolute Gasteiger partial charge is 0.493 e. The van der Waals surface area contributed by atoms with Gasteiger partial charge < -0.3 is 14.2 Å². The van der Waals surface area contributed by atoms with Gasteiger partial charge in [-0.3, -0.25) is 14.9 Å². The molecule has 39 heavy (non-hydrogen) atoms. The fourth-order valence-electron chi connectivity index (χ4n) is 5.17. The van der Waals surface area contributed by atoms with Crippen molar-refractivity contribution in [1.29, 1.82) is 0 Å². The zero-order valence-electron chi connectivity index (χ0n) is 22.3. The van der Waals surface area contributed by atoms with E-state index in [4.69, 9.17) is 14.2 Å². The van der Waals surface area contributed by atoms with E-state index in [-0.39, 0.29) is 11.1 Å². The summed E-state index contributed by atoms with van der Waals surface area (Å²) in [5.74, 6) is 3.72. The third-order valence-electron chi connectivity index (χ3n) is 7.18. The lowest BCUT2D eigenvalue weighted by molar-refractivity contribution is -0.119. The normalized spacial score (nSPS) is 17.3. The lowest BCUT2D eigenvalue weighted by Crippen LogP contribution is -2.20. The van der Waals surface area contributed by atoms with Crippen LogP contribution in [0.4, 0.5) is 4.79 Å². The first-order valence-corrected chi connectivity index (χ1v) is 14.7. The number of nitrogens with one attached hydrogen (secondary N) is 1. The molecular formula is C32H35NO5S. The van der Waals surface area contributed by atoms with Crippen LogP contribution in [0.5, 0.6) is 23.0 Å². The third-order valence-corrected chi connectivity index (χ3v) is 8.22. The van der Waals surface area contributed by atoms with Gasteiger partial charge in [0.25, 0.3) is 5.24 Å². The van der Waals surface area contributed by atoms with Gasteiger partial charge in [0, 0.05) is 6.42 Å². The monoisotopic (exact) mass is 545 g/mol. The standard InChI is InChI=1S/C32H35NO5S/c1-2-6-25-21-28(38-27-15-9-23(10-16-27)22-7-3-4-8-22)17-18-29(25)37-20-5-19-36-26-13-11-24(12-14-26)30-31(34)33-32(35)39-30/h9-18,21-22,30H,2-8,19-20H2,1H3,(H,33,34,35). The van der Waals surface area contributed by atoms with Crippen molar-refractivity contribution in [2.45, 2.75) is 63.0 Å². The van der Waals surface area contributed by atoms with Crippen LogP contribution >= 0.6 is 11.8 Å². The molecule has 1 atom stereocenters. The molecule has 1 heterocycles. The number of hydrogen-bond donors (Lipinski definition) is 1. The minimum Gasteiger partial charge on any atom is -0.493 e. The first-order chi connectivity index (χ1) is 19.1. The first kappa shape index (κ1) is 27.1. The molecule has 2 aliphatic rings. The number of ether oxygens (including phenoxy) is 3. The second kappa shape index (κ2) is 13.1. The van der Waals surface area contributed by atoms with Crippen LogP contribution < -0.4 is 19.5 Å². The minimum atomic E-state index is -0.490. The van der Waals surface area contributed by atoms with Crippen LogP contribution in [-0.2, 0) is 11.2 Å². The summed E-state index contributed by atoms with van der Waals surface area (Å²) in [5, 5.41) is 1.51. The number of imide groups is 1. The van der Waals surface area contributed by atoms with E-state index in [0.29, 0.717) is 19.1 Å². The molecule has 0 spiro atoms. The minimum absolute atomic E-state index is 0.272. The predicted molar refractivity (Wildman–Crippen MR) is 154 cm³/mol. The fourth-order valence-corrected chi connectivity index (χ4v) is 6.01. The summed E-state index contributed by atoms with van der Waals surface area (Å²) in [7, 11) is 0. The summed E-state index contributed by atoms with van der Waals surface area (Å²) in [4.78, 5) is 23.2. The summed E-state index contributed by atoms with van der Waals surface area (Å²) in [6, 6.07) is 21.9. The Balaban J connectivity index is 1.09. The molecule has 0 radical (unpaired) electrons. The third kappa shape index (κ3) is 7.15. The lowest BCUT2D eigenvalue weighted by Gasteiger charge is -2.15. The van der Waals surface area contributed by atoms with E-state index < -0.39 is 5.25 Å². The van der Waals surface area contributed by atoms with Crippen molar-refractivity contribution in [3.05, 3.63) is 83.4 Å². The van der Waals surface area contributed by atoms with Crippen LogP contribution in [0.1, 0.15) is 73.3 Å². The summed E-state index contributed by atoms with van der Waals surface area (Å²) in [5.41, 5.74) is 3.35. The molecule has 6 nitrogen and oxygen atoms in total. The highest BCUT2D eigenvalue weighted by molar-refractivity contribution is 8.15. The van der Waals surface area contributed by atoms with Crippen molar-refractivity contribution in [3.63, 3.8) is 0 Å². The quantitative estimate of drug-likeness (QED) is 0.233.